The van der Waals surface area contributed by atoms with Gasteiger partial charge in [-0.2, -0.15) is 0 Å². The highest BCUT2D eigenvalue weighted by molar-refractivity contribution is 9.10. The van der Waals surface area contributed by atoms with Gasteiger partial charge in [-0.05, 0) is 40.9 Å². The fourth-order valence-corrected chi connectivity index (χ4v) is 2.39. The molecule has 1 aliphatic carbocycles. The predicted octanol–water partition coefficient (Wildman–Crippen LogP) is 2.63. The molecule has 1 aromatic rings. The van der Waals surface area contributed by atoms with Crippen LogP contribution in [0.2, 0.25) is 0 Å². The van der Waals surface area contributed by atoms with Crippen molar-refractivity contribution in [3.63, 3.8) is 0 Å². The topological polar surface area (TPSA) is 50.5 Å². The van der Waals surface area contributed by atoms with Crippen LogP contribution in [0.3, 0.4) is 0 Å². The molecule has 0 bridgehead atoms. The van der Waals surface area contributed by atoms with Crippen molar-refractivity contribution in [3.8, 4) is 0 Å². The summed E-state index contributed by atoms with van der Waals surface area (Å²) in [5, 5.41) is 0. The molecule has 0 aromatic carbocycles. The third-order valence-corrected chi connectivity index (χ3v) is 3.59. The molecule has 4 nitrogen and oxygen atoms in total. The summed E-state index contributed by atoms with van der Waals surface area (Å²) in [6.45, 7) is 0. The van der Waals surface area contributed by atoms with E-state index in [1.165, 1.54) is 0 Å². The minimum absolute atomic E-state index is 0.130. The molecule has 0 N–H and O–H groups in total. The lowest BCUT2D eigenvalue weighted by molar-refractivity contribution is -0.121. The smallest absolute Gasteiger partial charge is 0.289 e. The summed E-state index contributed by atoms with van der Waals surface area (Å²) in [7, 11) is 1.76. The number of furan rings is 1. The molecule has 0 radical (unpaired) electrons. The van der Waals surface area contributed by atoms with Crippen LogP contribution in [-0.2, 0) is 4.79 Å². The van der Waals surface area contributed by atoms with Crippen LogP contribution in [0.1, 0.15) is 36.2 Å². The number of carbonyl (C=O) groups is 2. The standard InChI is InChI=1S/C12H14BrNO3/c1-14(8-2-4-9(15)5-3-8)12(16)10-6-7-11(13)17-10/h6-8H,2-5H2,1H3. The van der Waals surface area contributed by atoms with Crippen molar-refractivity contribution >= 4 is 27.6 Å². The van der Waals surface area contributed by atoms with Gasteiger partial charge in [-0.15, -0.1) is 0 Å². The number of nitrogens with zero attached hydrogens (tertiary/aromatic N) is 1. The lowest BCUT2D eigenvalue weighted by atomic mass is 9.93. The first-order chi connectivity index (χ1) is 8.08. The molecular weight excluding hydrogens is 286 g/mol. The molecule has 0 atom stereocenters. The van der Waals surface area contributed by atoms with Gasteiger partial charge in [0.25, 0.3) is 5.91 Å². The maximum Gasteiger partial charge on any atom is 0.289 e. The number of rotatable bonds is 2. The van der Waals surface area contributed by atoms with Gasteiger partial charge in [0.2, 0.25) is 0 Å². The van der Waals surface area contributed by atoms with E-state index in [4.69, 9.17) is 4.42 Å². The van der Waals surface area contributed by atoms with E-state index in [1.54, 1.807) is 24.1 Å². The molecule has 0 unspecified atom stereocenters. The van der Waals surface area contributed by atoms with Crippen LogP contribution in [0, 0.1) is 0 Å². The number of ketones is 1. The largest absolute Gasteiger partial charge is 0.444 e. The van der Waals surface area contributed by atoms with Gasteiger partial charge in [-0.1, -0.05) is 0 Å². The second kappa shape index (κ2) is 5.04. The summed E-state index contributed by atoms with van der Waals surface area (Å²) in [4.78, 5) is 24.9. The Kier molecular flexibility index (Phi) is 3.66. The SMILES string of the molecule is CN(C(=O)c1ccc(Br)o1)C1CCC(=O)CC1. The van der Waals surface area contributed by atoms with E-state index in [0.29, 0.717) is 29.1 Å². The Hall–Kier alpha value is -1.10. The average Bonchev–Trinajstić information content (AvgIpc) is 2.75. The molecule has 1 saturated carbocycles. The molecule has 1 fully saturated rings. The molecular formula is C12H14BrNO3. The first-order valence-corrected chi connectivity index (χ1v) is 6.41. The van der Waals surface area contributed by atoms with Crippen molar-refractivity contribution in [1.29, 1.82) is 0 Å². The van der Waals surface area contributed by atoms with Gasteiger partial charge in [0.15, 0.2) is 10.4 Å². The molecule has 2 rings (SSSR count). The average molecular weight is 300 g/mol. The number of halogens is 1. The molecule has 92 valence electrons. The van der Waals surface area contributed by atoms with Gasteiger partial charge < -0.3 is 9.32 Å². The second-order valence-electron chi connectivity index (χ2n) is 4.29. The van der Waals surface area contributed by atoms with Gasteiger partial charge in [-0.25, -0.2) is 0 Å². The van der Waals surface area contributed by atoms with E-state index >= 15 is 0 Å². The fourth-order valence-electron chi connectivity index (χ4n) is 2.08. The predicted molar refractivity (Wildman–Crippen MR) is 65.8 cm³/mol. The number of Topliss-reactive ketones (excluding diaryl/α,β-unsaturated/α-hetero) is 1. The van der Waals surface area contributed by atoms with Crippen molar-refractivity contribution < 1.29 is 14.0 Å². The van der Waals surface area contributed by atoms with Crippen molar-refractivity contribution in [2.75, 3.05) is 7.05 Å². The van der Waals surface area contributed by atoms with Crippen LogP contribution >= 0.6 is 15.9 Å². The molecule has 0 aliphatic heterocycles. The summed E-state index contributed by atoms with van der Waals surface area (Å²) in [6.07, 6.45) is 2.65. The molecule has 0 spiro atoms. The van der Waals surface area contributed by atoms with E-state index in [1.807, 2.05) is 0 Å². The zero-order chi connectivity index (χ0) is 12.4. The van der Waals surface area contributed by atoms with E-state index in [0.717, 1.165) is 12.8 Å². The second-order valence-corrected chi connectivity index (χ2v) is 5.07. The third kappa shape index (κ3) is 2.77. The minimum Gasteiger partial charge on any atom is -0.444 e. The lowest BCUT2D eigenvalue weighted by Crippen LogP contribution is -2.39. The van der Waals surface area contributed by atoms with Crippen LogP contribution in [0.5, 0.6) is 0 Å². The molecule has 1 aliphatic rings. The number of hydrogen-bond acceptors (Lipinski definition) is 3. The Morgan fingerprint density at radius 1 is 1.41 bits per heavy atom. The van der Waals surface area contributed by atoms with Crippen molar-refractivity contribution in [3.05, 3.63) is 22.6 Å². The monoisotopic (exact) mass is 299 g/mol. The van der Waals surface area contributed by atoms with Gasteiger partial charge in [0.1, 0.15) is 5.78 Å². The number of carbonyl (C=O) groups excluding carboxylic acids is 2. The maximum atomic E-state index is 12.1. The number of amides is 1. The first kappa shape index (κ1) is 12.4. The van der Waals surface area contributed by atoms with E-state index in [2.05, 4.69) is 15.9 Å². The van der Waals surface area contributed by atoms with Gasteiger partial charge in [-0.3, -0.25) is 9.59 Å². The Morgan fingerprint density at radius 2 is 2.06 bits per heavy atom. The van der Waals surface area contributed by atoms with E-state index in [9.17, 15) is 9.59 Å². The van der Waals surface area contributed by atoms with Crippen LogP contribution < -0.4 is 0 Å². The highest BCUT2D eigenvalue weighted by Crippen LogP contribution is 2.22. The molecule has 1 heterocycles. The van der Waals surface area contributed by atoms with Crippen molar-refractivity contribution in [1.82, 2.24) is 4.90 Å². The van der Waals surface area contributed by atoms with E-state index in [-0.39, 0.29) is 11.9 Å². The quantitative estimate of drug-likeness (QED) is 0.843. The molecule has 0 saturated heterocycles. The summed E-state index contributed by atoms with van der Waals surface area (Å²) in [5.41, 5.74) is 0. The highest BCUT2D eigenvalue weighted by atomic mass is 79.9. The Balaban J connectivity index is 2.02. The van der Waals surface area contributed by atoms with Crippen LogP contribution in [-0.4, -0.2) is 29.7 Å². The summed E-state index contributed by atoms with van der Waals surface area (Å²) in [5.74, 6) is 0.495. The first-order valence-electron chi connectivity index (χ1n) is 5.62. The molecule has 17 heavy (non-hydrogen) atoms. The van der Waals surface area contributed by atoms with Crippen LogP contribution in [0.25, 0.3) is 0 Å². The van der Waals surface area contributed by atoms with Crippen LogP contribution in [0.15, 0.2) is 21.2 Å². The Labute approximate surface area is 108 Å². The van der Waals surface area contributed by atoms with Gasteiger partial charge in [0.05, 0.1) is 0 Å². The van der Waals surface area contributed by atoms with E-state index < -0.39 is 0 Å². The highest BCUT2D eigenvalue weighted by Gasteiger charge is 2.27. The summed E-state index contributed by atoms with van der Waals surface area (Å²) in [6, 6.07) is 3.49. The van der Waals surface area contributed by atoms with Gasteiger partial charge >= 0.3 is 0 Å². The zero-order valence-corrected chi connectivity index (χ0v) is 11.2. The summed E-state index contributed by atoms with van der Waals surface area (Å²) < 4.78 is 5.79. The summed E-state index contributed by atoms with van der Waals surface area (Å²) >= 11 is 3.17. The number of hydrogen-bond donors (Lipinski definition) is 0. The molecule has 5 heteroatoms. The zero-order valence-electron chi connectivity index (χ0n) is 9.61. The Morgan fingerprint density at radius 3 is 2.59 bits per heavy atom. The van der Waals surface area contributed by atoms with Crippen molar-refractivity contribution in [2.45, 2.75) is 31.7 Å². The van der Waals surface area contributed by atoms with Crippen molar-refractivity contribution in [2.24, 2.45) is 0 Å². The maximum absolute atomic E-state index is 12.1. The fraction of sp³-hybridized carbons (Fsp3) is 0.500. The van der Waals surface area contributed by atoms with Gasteiger partial charge in [0, 0.05) is 25.9 Å². The normalized spacial score (nSPS) is 17.2. The third-order valence-electron chi connectivity index (χ3n) is 3.16. The molecule has 1 aromatic heterocycles. The van der Waals surface area contributed by atoms with Crippen LogP contribution in [0.4, 0.5) is 0 Å². The molecule has 1 amide bonds. The lowest BCUT2D eigenvalue weighted by Gasteiger charge is -2.30. The Bertz CT molecular complexity index is 431. The minimum atomic E-state index is -0.130.